The molecule has 0 unspecified atom stereocenters. The van der Waals surface area contributed by atoms with Crippen LogP contribution in [0.2, 0.25) is 0 Å². The third-order valence-electron chi connectivity index (χ3n) is 2.95. The average molecular weight is 298 g/mol. The van der Waals surface area contributed by atoms with E-state index in [-0.39, 0.29) is 12.0 Å². The van der Waals surface area contributed by atoms with Crippen molar-refractivity contribution in [1.82, 2.24) is 5.32 Å². The van der Waals surface area contributed by atoms with Gasteiger partial charge in [0.25, 0.3) is 5.91 Å². The van der Waals surface area contributed by atoms with E-state index in [9.17, 15) is 4.79 Å². The molecular formula is C13H16BrNO2. The molecule has 1 heterocycles. The number of ether oxygens (including phenoxy) is 1. The molecule has 17 heavy (non-hydrogen) atoms. The maximum atomic E-state index is 11.9. The third-order valence-corrected chi connectivity index (χ3v) is 3.80. The van der Waals surface area contributed by atoms with E-state index in [1.165, 1.54) is 0 Å². The molecule has 1 N–H and O–H groups in total. The number of nitrogens with one attached hydrogen (secondary N) is 1. The molecule has 0 aromatic heterocycles. The highest BCUT2D eigenvalue weighted by Gasteiger charge is 2.16. The molecule has 0 bridgehead atoms. The van der Waals surface area contributed by atoms with Crippen molar-refractivity contribution in [2.75, 3.05) is 13.2 Å². The SMILES string of the molecule is Cc1ccc(C(=O)NC[C@@H]2CCCO2)cc1Br. The standard InChI is InChI=1S/C13H16BrNO2/c1-9-4-5-10(7-12(9)14)13(16)15-8-11-3-2-6-17-11/h4-5,7,11H,2-3,6,8H2,1H3,(H,15,16)/t11-/m0/s1. The van der Waals surface area contributed by atoms with Crippen LogP contribution in [0, 0.1) is 6.92 Å². The molecular weight excluding hydrogens is 282 g/mol. The van der Waals surface area contributed by atoms with Crippen molar-refractivity contribution in [3.05, 3.63) is 33.8 Å². The normalized spacial score (nSPS) is 19.3. The van der Waals surface area contributed by atoms with Gasteiger partial charge in [-0.25, -0.2) is 0 Å². The van der Waals surface area contributed by atoms with Gasteiger partial charge in [0.15, 0.2) is 0 Å². The topological polar surface area (TPSA) is 38.3 Å². The molecule has 4 heteroatoms. The van der Waals surface area contributed by atoms with Gasteiger partial charge in [0.1, 0.15) is 0 Å². The summed E-state index contributed by atoms with van der Waals surface area (Å²) in [4.78, 5) is 11.9. The molecule has 1 aliphatic heterocycles. The number of amides is 1. The van der Waals surface area contributed by atoms with Crippen LogP contribution in [-0.2, 0) is 4.74 Å². The van der Waals surface area contributed by atoms with Gasteiger partial charge in [-0.15, -0.1) is 0 Å². The summed E-state index contributed by atoms with van der Waals surface area (Å²) >= 11 is 3.43. The zero-order valence-corrected chi connectivity index (χ0v) is 11.4. The minimum absolute atomic E-state index is 0.0406. The Morgan fingerprint density at radius 3 is 3.06 bits per heavy atom. The van der Waals surface area contributed by atoms with Crippen LogP contribution in [0.3, 0.4) is 0 Å². The maximum Gasteiger partial charge on any atom is 0.251 e. The number of hydrogen-bond acceptors (Lipinski definition) is 2. The summed E-state index contributed by atoms with van der Waals surface area (Å²) in [5.74, 6) is -0.0406. The van der Waals surface area contributed by atoms with Crippen molar-refractivity contribution >= 4 is 21.8 Å². The third kappa shape index (κ3) is 3.30. The first-order chi connectivity index (χ1) is 8.16. The van der Waals surface area contributed by atoms with Crippen LogP contribution >= 0.6 is 15.9 Å². The highest BCUT2D eigenvalue weighted by Crippen LogP contribution is 2.17. The molecule has 1 aromatic rings. The lowest BCUT2D eigenvalue weighted by molar-refractivity contribution is 0.0857. The van der Waals surface area contributed by atoms with Crippen LogP contribution in [0.15, 0.2) is 22.7 Å². The molecule has 1 amide bonds. The van der Waals surface area contributed by atoms with E-state index in [0.717, 1.165) is 29.5 Å². The summed E-state index contributed by atoms with van der Waals surface area (Å²) in [5, 5.41) is 2.90. The summed E-state index contributed by atoms with van der Waals surface area (Å²) in [6.45, 7) is 3.42. The van der Waals surface area contributed by atoms with Gasteiger partial charge in [-0.1, -0.05) is 22.0 Å². The van der Waals surface area contributed by atoms with Crippen molar-refractivity contribution in [1.29, 1.82) is 0 Å². The van der Waals surface area contributed by atoms with Gasteiger partial charge in [0.05, 0.1) is 6.10 Å². The zero-order chi connectivity index (χ0) is 12.3. The van der Waals surface area contributed by atoms with Crippen LogP contribution in [-0.4, -0.2) is 25.2 Å². The maximum absolute atomic E-state index is 11.9. The second-order valence-corrected chi connectivity index (χ2v) is 5.16. The Bertz CT molecular complexity index is 414. The first-order valence-corrected chi connectivity index (χ1v) is 6.62. The number of carbonyl (C=O) groups is 1. The summed E-state index contributed by atoms with van der Waals surface area (Å²) in [5.41, 5.74) is 1.81. The van der Waals surface area contributed by atoms with E-state index in [0.29, 0.717) is 12.1 Å². The monoisotopic (exact) mass is 297 g/mol. The largest absolute Gasteiger partial charge is 0.376 e. The zero-order valence-electron chi connectivity index (χ0n) is 9.83. The molecule has 0 radical (unpaired) electrons. The van der Waals surface area contributed by atoms with E-state index in [1.54, 1.807) is 0 Å². The predicted octanol–water partition coefficient (Wildman–Crippen LogP) is 2.67. The van der Waals surface area contributed by atoms with Crippen molar-refractivity contribution in [3.8, 4) is 0 Å². The van der Waals surface area contributed by atoms with Gasteiger partial charge in [0, 0.05) is 23.2 Å². The van der Waals surface area contributed by atoms with Gasteiger partial charge < -0.3 is 10.1 Å². The molecule has 0 saturated carbocycles. The fourth-order valence-corrected chi connectivity index (χ4v) is 2.23. The quantitative estimate of drug-likeness (QED) is 0.931. The second-order valence-electron chi connectivity index (χ2n) is 4.31. The highest BCUT2D eigenvalue weighted by atomic mass is 79.9. The number of halogens is 1. The smallest absolute Gasteiger partial charge is 0.251 e. The number of benzene rings is 1. The molecule has 1 aromatic carbocycles. The molecule has 1 saturated heterocycles. The Labute approximate surface area is 110 Å². The van der Waals surface area contributed by atoms with Gasteiger partial charge in [-0.05, 0) is 37.5 Å². The summed E-state index contributed by atoms with van der Waals surface area (Å²) < 4.78 is 6.42. The summed E-state index contributed by atoms with van der Waals surface area (Å²) in [6, 6.07) is 5.62. The van der Waals surface area contributed by atoms with Crippen molar-refractivity contribution in [3.63, 3.8) is 0 Å². The van der Waals surface area contributed by atoms with E-state index in [4.69, 9.17) is 4.74 Å². The fourth-order valence-electron chi connectivity index (χ4n) is 1.85. The van der Waals surface area contributed by atoms with Crippen LogP contribution < -0.4 is 5.32 Å². The van der Waals surface area contributed by atoms with E-state index in [1.807, 2.05) is 25.1 Å². The lowest BCUT2D eigenvalue weighted by Gasteiger charge is -2.11. The van der Waals surface area contributed by atoms with Gasteiger partial charge in [-0.2, -0.15) is 0 Å². The lowest BCUT2D eigenvalue weighted by atomic mass is 10.1. The number of aryl methyl sites for hydroxylation is 1. The average Bonchev–Trinajstić information content (AvgIpc) is 2.82. The molecule has 0 spiro atoms. The summed E-state index contributed by atoms with van der Waals surface area (Å²) in [6.07, 6.45) is 2.32. The number of rotatable bonds is 3. The van der Waals surface area contributed by atoms with E-state index in [2.05, 4.69) is 21.2 Å². The molecule has 1 aliphatic rings. The van der Waals surface area contributed by atoms with Crippen LogP contribution in [0.25, 0.3) is 0 Å². The van der Waals surface area contributed by atoms with Gasteiger partial charge >= 0.3 is 0 Å². The second kappa shape index (κ2) is 5.65. The molecule has 2 rings (SSSR count). The minimum Gasteiger partial charge on any atom is -0.376 e. The first kappa shape index (κ1) is 12.6. The minimum atomic E-state index is -0.0406. The Kier molecular flexibility index (Phi) is 4.18. The highest BCUT2D eigenvalue weighted by molar-refractivity contribution is 9.10. The Balaban J connectivity index is 1.92. The first-order valence-electron chi connectivity index (χ1n) is 5.83. The van der Waals surface area contributed by atoms with Crippen molar-refractivity contribution in [2.24, 2.45) is 0 Å². The Morgan fingerprint density at radius 2 is 2.41 bits per heavy atom. The van der Waals surface area contributed by atoms with Crippen LogP contribution in [0.4, 0.5) is 0 Å². The summed E-state index contributed by atoms with van der Waals surface area (Å²) in [7, 11) is 0. The molecule has 1 atom stereocenters. The number of hydrogen-bond donors (Lipinski definition) is 1. The van der Waals surface area contributed by atoms with Crippen LogP contribution in [0.1, 0.15) is 28.8 Å². The van der Waals surface area contributed by atoms with Crippen molar-refractivity contribution in [2.45, 2.75) is 25.9 Å². The lowest BCUT2D eigenvalue weighted by Crippen LogP contribution is -2.31. The molecule has 1 fully saturated rings. The molecule has 92 valence electrons. The fraction of sp³-hybridized carbons (Fsp3) is 0.462. The van der Waals surface area contributed by atoms with Gasteiger partial charge in [0.2, 0.25) is 0 Å². The van der Waals surface area contributed by atoms with Crippen LogP contribution in [0.5, 0.6) is 0 Å². The Morgan fingerprint density at radius 1 is 1.59 bits per heavy atom. The van der Waals surface area contributed by atoms with E-state index < -0.39 is 0 Å². The van der Waals surface area contributed by atoms with E-state index >= 15 is 0 Å². The van der Waals surface area contributed by atoms with Gasteiger partial charge in [-0.3, -0.25) is 4.79 Å². The predicted molar refractivity (Wildman–Crippen MR) is 70.2 cm³/mol. The van der Waals surface area contributed by atoms with Crippen molar-refractivity contribution < 1.29 is 9.53 Å². The molecule has 0 aliphatic carbocycles. The molecule has 3 nitrogen and oxygen atoms in total. The Hall–Kier alpha value is -0.870. The number of carbonyl (C=O) groups excluding carboxylic acids is 1.